The van der Waals surface area contributed by atoms with Crippen LogP contribution in [0.1, 0.15) is 58.8 Å². The quantitative estimate of drug-likeness (QED) is 0.645. The van der Waals surface area contributed by atoms with Crippen LogP contribution in [0.2, 0.25) is 0 Å². The Bertz CT molecular complexity index is 476. The summed E-state index contributed by atoms with van der Waals surface area (Å²) in [6, 6.07) is 0. The Balaban J connectivity index is 1.70. The van der Waals surface area contributed by atoms with Crippen molar-refractivity contribution in [1.29, 1.82) is 0 Å². The van der Waals surface area contributed by atoms with Crippen molar-refractivity contribution in [2.24, 2.45) is 28.6 Å². The highest BCUT2D eigenvalue weighted by atomic mass is 16.3. The molecule has 4 aliphatic carbocycles. The number of fused-ring (bicyclic) bond motifs is 5. The Kier molecular flexibility index (Phi) is 2.77. The van der Waals surface area contributed by atoms with Gasteiger partial charge in [-0.1, -0.05) is 37.6 Å². The van der Waals surface area contributed by atoms with Crippen LogP contribution in [0.3, 0.4) is 0 Å². The molecule has 6 atom stereocenters. The molecule has 1 N–H and O–H groups in total. The largest absolute Gasteiger partial charge is 0.393 e. The van der Waals surface area contributed by atoms with Crippen molar-refractivity contribution in [2.75, 3.05) is 0 Å². The number of hydrogen-bond acceptors (Lipinski definition) is 1. The van der Waals surface area contributed by atoms with Crippen molar-refractivity contribution in [1.82, 2.24) is 0 Å². The molecule has 0 unspecified atom stereocenters. The maximum atomic E-state index is 10.4. The Morgan fingerprint density at radius 1 is 1.10 bits per heavy atom. The van der Waals surface area contributed by atoms with Gasteiger partial charge in [-0.3, -0.25) is 0 Å². The molecule has 0 amide bonds. The van der Waals surface area contributed by atoms with Crippen molar-refractivity contribution >= 4 is 0 Å². The summed E-state index contributed by atoms with van der Waals surface area (Å²) in [6.07, 6.45) is 16.0. The predicted octanol–water partition coefficient (Wildman–Crippen LogP) is 4.48. The van der Waals surface area contributed by atoms with Gasteiger partial charge in [0.15, 0.2) is 0 Å². The average Bonchev–Trinajstić information content (AvgIpc) is 2.74. The van der Waals surface area contributed by atoms with Gasteiger partial charge in [0.2, 0.25) is 0 Å². The van der Waals surface area contributed by atoms with Crippen molar-refractivity contribution < 1.29 is 5.11 Å². The van der Waals surface area contributed by atoms with Crippen LogP contribution in [0.4, 0.5) is 0 Å². The van der Waals surface area contributed by atoms with Gasteiger partial charge in [-0.15, -0.1) is 0 Å². The van der Waals surface area contributed by atoms with Gasteiger partial charge in [0.05, 0.1) is 6.10 Å². The summed E-state index contributed by atoms with van der Waals surface area (Å²) in [5, 5.41) is 10.4. The zero-order valence-corrected chi connectivity index (χ0v) is 12.9. The van der Waals surface area contributed by atoms with Gasteiger partial charge in [0.1, 0.15) is 0 Å². The molecular weight excluding hydrogens is 244 g/mol. The molecule has 0 aromatic heterocycles. The SMILES string of the molecule is C[C@]12CC[C@H]3[C@@H](CCC4=CCC=C[C@@]43C)[C@@H]1CC[C@H]2O. The van der Waals surface area contributed by atoms with E-state index in [9.17, 15) is 5.11 Å². The van der Waals surface area contributed by atoms with Crippen LogP contribution in [0, 0.1) is 28.6 Å². The molecule has 0 saturated heterocycles. The molecule has 0 heterocycles. The molecular formula is C19H28O. The summed E-state index contributed by atoms with van der Waals surface area (Å²) in [5.41, 5.74) is 2.26. The molecule has 3 saturated carbocycles. The first-order chi connectivity index (χ1) is 9.56. The highest BCUT2D eigenvalue weighted by Gasteiger charge is 2.57. The van der Waals surface area contributed by atoms with Crippen LogP contribution in [-0.2, 0) is 0 Å². The molecule has 20 heavy (non-hydrogen) atoms. The van der Waals surface area contributed by atoms with Crippen LogP contribution in [0.25, 0.3) is 0 Å². The third kappa shape index (κ3) is 1.53. The van der Waals surface area contributed by atoms with Crippen molar-refractivity contribution in [3.05, 3.63) is 23.8 Å². The van der Waals surface area contributed by atoms with E-state index in [1.165, 1.54) is 32.1 Å². The lowest BCUT2D eigenvalue weighted by atomic mass is 9.48. The molecule has 1 heteroatoms. The molecule has 3 fully saturated rings. The summed E-state index contributed by atoms with van der Waals surface area (Å²) in [4.78, 5) is 0. The minimum absolute atomic E-state index is 0.0416. The van der Waals surface area contributed by atoms with E-state index in [4.69, 9.17) is 0 Å². The molecule has 0 aromatic rings. The predicted molar refractivity (Wildman–Crippen MR) is 82.2 cm³/mol. The average molecular weight is 272 g/mol. The maximum absolute atomic E-state index is 10.4. The molecule has 0 aliphatic heterocycles. The standard InChI is InChI=1S/C19H28O/c1-18-11-4-3-5-13(18)6-7-14-15-8-9-17(20)19(15,2)12-10-16(14)18/h4-5,11,14-17,20H,3,6-10,12H2,1-2H3/t14-,15-,16-,17+,18-,19-/m0/s1. The molecule has 1 nitrogen and oxygen atoms in total. The van der Waals surface area contributed by atoms with Crippen LogP contribution < -0.4 is 0 Å². The molecule has 0 bridgehead atoms. The summed E-state index contributed by atoms with van der Waals surface area (Å²) < 4.78 is 0. The molecule has 0 aromatic carbocycles. The minimum Gasteiger partial charge on any atom is -0.393 e. The molecule has 0 spiro atoms. The van der Waals surface area contributed by atoms with Crippen LogP contribution >= 0.6 is 0 Å². The summed E-state index contributed by atoms with van der Waals surface area (Å²) in [6.45, 7) is 4.86. The maximum Gasteiger partial charge on any atom is 0.0596 e. The highest BCUT2D eigenvalue weighted by Crippen LogP contribution is 2.64. The van der Waals surface area contributed by atoms with Gasteiger partial charge >= 0.3 is 0 Å². The Morgan fingerprint density at radius 2 is 1.95 bits per heavy atom. The molecule has 4 aliphatic rings. The van der Waals surface area contributed by atoms with E-state index in [1.54, 1.807) is 5.57 Å². The van der Waals surface area contributed by atoms with E-state index >= 15 is 0 Å². The van der Waals surface area contributed by atoms with E-state index in [2.05, 4.69) is 32.1 Å². The lowest BCUT2D eigenvalue weighted by Crippen LogP contribution is -2.50. The monoisotopic (exact) mass is 272 g/mol. The van der Waals surface area contributed by atoms with Gasteiger partial charge in [-0.2, -0.15) is 0 Å². The first kappa shape index (κ1) is 13.1. The zero-order valence-electron chi connectivity index (χ0n) is 12.9. The van der Waals surface area contributed by atoms with E-state index in [0.29, 0.717) is 5.41 Å². The van der Waals surface area contributed by atoms with Crippen LogP contribution in [0.5, 0.6) is 0 Å². The number of rotatable bonds is 0. The first-order valence-corrected chi connectivity index (χ1v) is 8.61. The number of aliphatic hydroxyl groups is 1. The Hall–Kier alpha value is -0.560. The number of allylic oxidation sites excluding steroid dienone is 4. The molecule has 0 radical (unpaired) electrons. The fourth-order valence-corrected chi connectivity index (χ4v) is 6.31. The normalized spacial score (nSPS) is 53.9. The molecule has 4 rings (SSSR count). The van der Waals surface area contributed by atoms with E-state index < -0.39 is 0 Å². The zero-order chi connectivity index (χ0) is 14.0. The first-order valence-electron chi connectivity index (χ1n) is 8.61. The van der Waals surface area contributed by atoms with Crippen LogP contribution in [0.15, 0.2) is 23.8 Å². The second-order valence-corrected chi connectivity index (χ2v) is 8.20. The van der Waals surface area contributed by atoms with E-state index in [-0.39, 0.29) is 11.5 Å². The summed E-state index contributed by atoms with van der Waals surface area (Å²) >= 11 is 0. The summed E-state index contributed by atoms with van der Waals surface area (Å²) in [5.74, 6) is 2.43. The van der Waals surface area contributed by atoms with Crippen molar-refractivity contribution in [3.63, 3.8) is 0 Å². The highest BCUT2D eigenvalue weighted by molar-refractivity contribution is 5.31. The number of aliphatic hydroxyl groups excluding tert-OH is 1. The van der Waals surface area contributed by atoms with Crippen LogP contribution in [-0.4, -0.2) is 11.2 Å². The lowest BCUT2D eigenvalue weighted by Gasteiger charge is -2.56. The second-order valence-electron chi connectivity index (χ2n) is 8.20. The Labute approximate surface area is 123 Å². The fourth-order valence-electron chi connectivity index (χ4n) is 6.31. The van der Waals surface area contributed by atoms with Crippen molar-refractivity contribution in [3.8, 4) is 0 Å². The van der Waals surface area contributed by atoms with Gasteiger partial charge in [0.25, 0.3) is 0 Å². The third-order valence-electron chi connectivity index (χ3n) is 7.56. The third-order valence-corrected chi connectivity index (χ3v) is 7.56. The van der Waals surface area contributed by atoms with Gasteiger partial charge in [-0.25, -0.2) is 0 Å². The second kappa shape index (κ2) is 4.22. The fraction of sp³-hybridized carbons (Fsp3) is 0.789. The van der Waals surface area contributed by atoms with Gasteiger partial charge in [-0.05, 0) is 68.1 Å². The van der Waals surface area contributed by atoms with E-state index in [0.717, 1.165) is 30.6 Å². The molecule has 110 valence electrons. The smallest absolute Gasteiger partial charge is 0.0596 e. The number of hydrogen-bond donors (Lipinski definition) is 1. The summed E-state index contributed by atoms with van der Waals surface area (Å²) in [7, 11) is 0. The lowest BCUT2D eigenvalue weighted by molar-refractivity contribution is -0.0616. The van der Waals surface area contributed by atoms with Gasteiger partial charge in [0, 0.05) is 5.41 Å². The topological polar surface area (TPSA) is 20.2 Å². The van der Waals surface area contributed by atoms with Crippen molar-refractivity contribution in [2.45, 2.75) is 64.9 Å². The van der Waals surface area contributed by atoms with Gasteiger partial charge < -0.3 is 5.11 Å². The van der Waals surface area contributed by atoms with E-state index in [1.807, 2.05) is 0 Å². The Morgan fingerprint density at radius 3 is 2.80 bits per heavy atom. The minimum atomic E-state index is -0.0416.